The van der Waals surface area contributed by atoms with Crippen molar-refractivity contribution in [3.63, 3.8) is 0 Å². The Morgan fingerprint density at radius 1 is 1.57 bits per heavy atom. The predicted molar refractivity (Wildman–Crippen MR) is 33.4 cm³/mol. The van der Waals surface area contributed by atoms with Crippen LogP contribution in [0.3, 0.4) is 0 Å². The SMILES string of the molecule is O=C(O)c1cc(C(F)(F)C(F)F)no1. The first-order valence-corrected chi connectivity index (χ1v) is 3.22. The van der Waals surface area contributed by atoms with Crippen LogP contribution < -0.4 is 0 Å². The number of halogens is 4. The summed E-state index contributed by atoms with van der Waals surface area (Å²) in [5, 5.41) is 10.8. The van der Waals surface area contributed by atoms with Crippen molar-refractivity contribution in [3.8, 4) is 0 Å². The lowest BCUT2D eigenvalue weighted by Gasteiger charge is -2.10. The molecule has 0 atom stereocenters. The minimum atomic E-state index is -4.50. The number of nitrogens with zero attached hydrogens (tertiary/aromatic N) is 1. The first-order chi connectivity index (χ1) is 6.35. The number of carbonyl (C=O) groups is 1. The van der Waals surface area contributed by atoms with Crippen LogP contribution in [-0.4, -0.2) is 22.7 Å². The molecule has 0 fully saturated rings. The van der Waals surface area contributed by atoms with Crippen molar-refractivity contribution in [2.24, 2.45) is 0 Å². The molecule has 0 aromatic carbocycles. The Morgan fingerprint density at radius 2 is 2.14 bits per heavy atom. The average molecular weight is 213 g/mol. The van der Waals surface area contributed by atoms with Gasteiger partial charge < -0.3 is 9.63 Å². The van der Waals surface area contributed by atoms with Gasteiger partial charge in [0.15, 0.2) is 5.69 Å². The van der Waals surface area contributed by atoms with Crippen LogP contribution >= 0.6 is 0 Å². The van der Waals surface area contributed by atoms with Gasteiger partial charge in [-0.3, -0.25) is 0 Å². The molecule has 8 heteroatoms. The lowest BCUT2D eigenvalue weighted by atomic mass is 10.2. The summed E-state index contributed by atoms with van der Waals surface area (Å²) < 4.78 is 52.3. The largest absolute Gasteiger partial charge is 0.475 e. The molecular formula is C6H3F4NO3. The highest BCUT2D eigenvalue weighted by molar-refractivity contribution is 5.84. The van der Waals surface area contributed by atoms with Crippen molar-refractivity contribution < 1.29 is 32.0 Å². The number of carboxylic acids is 1. The van der Waals surface area contributed by atoms with Crippen molar-refractivity contribution in [1.82, 2.24) is 5.16 Å². The maximum atomic E-state index is 12.5. The minimum Gasteiger partial charge on any atom is -0.475 e. The van der Waals surface area contributed by atoms with Crippen molar-refractivity contribution >= 4 is 5.97 Å². The van der Waals surface area contributed by atoms with E-state index in [-0.39, 0.29) is 6.07 Å². The fourth-order valence-corrected chi connectivity index (χ4v) is 0.645. The summed E-state index contributed by atoms with van der Waals surface area (Å²) in [6.45, 7) is 0. The van der Waals surface area contributed by atoms with Crippen LogP contribution in [0.15, 0.2) is 10.6 Å². The first kappa shape index (κ1) is 10.5. The van der Waals surface area contributed by atoms with Gasteiger partial charge in [0, 0.05) is 6.07 Å². The van der Waals surface area contributed by atoms with Crippen LogP contribution in [0, 0.1) is 0 Å². The zero-order valence-electron chi connectivity index (χ0n) is 6.38. The van der Waals surface area contributed by atoms with E-state index in [0.29, 0.717) is 0 Å². The number of rotatable bonds is 3. The topological polar surface area (TPSA) is 63.3 Å². The van der Waals surface area contributed by atoms with Gasteiger partial charge in [0.1, 0.15) is 0 Å². The Bertz CT molecular complexity index is 349. The Hall–Kier alpha value is -1.60. The number of hydrogen-bond donors (Lipinski definition) is 1. The molecule has 0 aliphatic rings. The third kappa shape index (κ3) is 1.68. The predicted octanol–water partition coefficient (Wildman–Crippen LogP) is 1.73. The highest BCUT2D eigenvalue weighted by Crippen LogP contribution is 2.33. The van der Waals surface area contributed by atoms with E-state index >= 15 is 0 Å². The van der Waals surface area contributed by atoms with Crippen molar-refractivity contribution in [3.05, 3.63) is 17.5 Å². The number of alkyl halides is 4. The molecule has 4 nitrogen and oxygen atoms in total. The zero-order chi connectivity index (χ0) is 10.9. The second-order valence-electron chi connectivity index (χ2n) is 2.31. The van der Waals surface area contributed by atoms with Gasteiger partial charge in [0.05, 0.1) is 0 Å². The van der Waals surface area contributed by atoms with Crippen molar-refractivity contribution in [2.45, 2.75) is 12.3 Å². The van der Waals surface area contributed by atoms with E-state index < -0.39 is 29.8 Å². The van der Waals surface area contributed by atoms with Gasteiger partial charge in [-0.15, -0.1) is 0 Å². The number of aromatic carboxylic acids is 1. The second-order valence-corrected chi connectivity index (χ2v) is 2.31. The quantitative estimate of drug-likeness (QED) is 0.776. The van der Waals surface area contributed by atoms with Gasteiger partial charge in [-0.2, -0.15) is 8.78 Å². The molecule has 78 valence electrons. The van der Waals surface area contributed by atoms with Crippen molar-refractivity contribution in [1.29, 1.82) is 0 Å². The molecule has 0 spiro atoms. The number of aromatic nitrogens is 1. The maximum Gasteiger partial charge on any atom is 0.374 e. The molecule has 0 unspecified atom stereocenters. The normalized spacial score (nSPS) is 12.1. The Labute approximate surface area is 74.1 Å². The molecule has 1 aromatic rings. The fraction of sp³-hybridized carbons (Fsp3) is 0.333. The van der Waals surface area contributed by atoms with Gasteiger partial charge >= 0.3 is 18.3 Å². The van der Waals surface area contributed by atoms with Gasteiger partial charge in [0.2, 0.25) is 5.76 Å². The lowest BCUT2D eigenvalue weighted by Crippen LogP contribution is -2.23. The third-order valence-corrected chi connectivity index (χ3v) is 1.34. The molecule has 0 bridgehead atoms. The highest BCUT2D eigenvalue weighted by atomic mass is 19.3. The standard InChI is InChI=1S/C6H3F4NO3/c7-5(8)6(9,10)3-1-2(4(12)13)14-11-3/h1,5H,(H,12,13). The lowest BCUT2D eigenvalue weighted by molar-refractivity contribution is -0.139. The molecule has 0 saturated carbocycles. The Balaban J connectivity index is 3.02. The Kier molecular flexibility index (Phi) is 2.45. The van der Waals surface area contributed by atoms with E-state index in [1.165, 1.54) is 0 Å². The molecule has 14 heavy (non-hydrogen) atoms. The summed E-state index contributed by atoms with van der Waals surface area (Å²) in [6.07, 6.45) is -3.96. The van der Waals surface area contributed by atoms with E-state index in [4.69, 9.17) is 5.11 Å². The maximum absolute atomic E-state index is 12.5. The van der Waals surface area contributed by atoms with E-state index in [9.17, 15) is 22.4 Å². The van der Waals surface area contributed by atoms with Gasteiger partial charge in [-0.25, -0.2) is 13.6 Å². The van der Waals surface area contributed by atoms with Crippen LogP contribution in [0.25, 0.3) is 0 Å². The molecule has 0 amide bonds. The van der Waals surface area contributed by atoms with Crippen LogP contribution in [-0.2, 0) is 5.92 Å². The highest BCUT2D eigenvalue weighted by Gasteiger charge is 2.46. The molecule has 1 aromatic heterocycles. The molecular weight excluding hydrogens is 210 g/mol. The summed E-state index contributed by atoms with van der Waals surface area (Å²) in [7, 11) is 0. The molecule has 0 aliphatic heterocycles. The van der Waals surface area contributed by atoms with E-state index in [1.54, 1.807) is 0 Å². The monoisotopic (exact) mass is 213 g/mol. The number of hydrogen-bond acceptors (Lipinski definition) is 3. The summed E-state index contributed by atoms with van der Waals surface area (Å²) in [4.78, 5) is 10.1. The molecule has 0 saturated heterocycles. The van der Waals surface area contributed by atoms with E-state index in [2.05, 4.69) is 9.68 Å². The fourth-order valence-electron chi connectivity index (χ4n) is 0.645. The molecule has 1 heterocycles. The van der Waals surface area contributed by atoms with Crippen LogP contribution in [0.2, 0.25) is 0 Å². The number of carboxylic acid groups (broad SMARTS) is 1. The smallest absolute Gasteiger partial charge is 0.374 e. The zero-order valence-corrected chi connectivity index (χ0v) is 6.38. The van der Waals surface area contributed by atoms with Crippen LogP contribution in [0.1, 0.15) is 16.2 Å². The molecule has 1 rings (SSSR count). The van der Waals surface area contributed by atoms with Crippen LogP contribution in [0.4, 0.5) is 17.6 Å². The summed E-state index contributed by atoms with van der Waals surface area (Å²) >= 11 is 0. The first-order valence-electron chi connectivity index (χ1n) is 3.22. The summed E-state index contributed by atoms with van der Waals surface area (Å²) in [5.74, 6) is -7.08. The summed E-state index contributed by atoms with van der Waals surface area (Å²) in [5.41, 5.74) is -1.40. The van der Waals surface area contributed by atoms with Crippen LogP contribution in [0.5, 0.6) is 0 Å². The van der Waals surface area contributed by atoms with Gasteiger partial charge in [-0.1, -0.05) is 5.16 Å². The molecule has 1 N–H and O–H groups in total. The third-order valence-electron chi connectivity index (χ3n) is 1.34. The van der Waals surface area contributed by atoms with Gasteiger partial charge in [-0.05, 0) is 0 Å². The van der Waals surface area contributed by atoms with E-state index in [1.807, 2.05) is 0 Å². The van der Waals surface area contributed by atoms with Crippen molar-refractivity contribution in [2.75, 3.05) is 0 Å². The molecule has 0 aliphatic carbocycles. The average Bonchev–Trinajstić information content (AvgIpc) is 2.51. The van der Waals surface area contributed by atoms with E-state index in [0.717, 1.165) is 0 Å². The molecule has 0 radical (unpaired) electrons. The Morgan fingerprint density at radius 3 is 2.50 bits per heavy atom. The minimum absolute atomic E-state index is 0.258. The second kappa shape index (κ2) is 3.28. The summed E-state index contributed by atoms with van der Waals surface area (Å²) in [6, 6.07) is 0.258. The van der Waals surface area contributed by atoms with Gasteiger partial charge in [0.25, 0.3) is 0 Å².